The SMILES string of the molecule is C=C(NCC(=O)/C=C/CCCCCCC/C=C\CCCCCC)O[NH3+]. The van der Waals surface area contributed by atoms with E-state index >= 15 is 0 Å². The molecule has 0 atom stereocenters. The normalized spacial score (nSPS) is 11.3. The highest BCUT2D eigenvalue weighted by atomic mass is 16.6. The zero-order valence-corrected chi connectivity index (χ0v) is 16.2. The van der Waals surface area contributed by atoms with E-state index in [-0.39, 0.29) is 12.3 Å². The van der Waals surface area contributed by atoms with Crippen LogP contribution < -0.4 is 11.2 Å². The van der Waals surface area contributed by atoms with E-state index in [1.165, 1.54) is 64.2 Å². The van der Waals surface area contributed by atoms with Gasteiger partial charge in [0.25, 0.3) is 0 Å². The number of carbonyl (C=O) groups excluding carboxylic acids is 1. The lowest BCUT2D eigenvalue weighted by molar-refractivity contribution is -0.673. The Morgan fingerprint density at radius 3 is 2.00 bits per heavy atom. The maximum absolute atomic E-state index is 11.5. The molecule has 0 fully saturated rings. The van der Waals surface area contributed by atoms with Crippen molar-refractivity contribution in [3.8, 4) is 0 Å². The van der Waals surface area contributed by atoms with E-state index < -0.39 is 0 Å². The van der Waals surface area contributed by atoms with Gasteiger partial charge in [0.1, 0.15) is 0 Å². The van der Waals surface area contributed by atoms with Crippen molar-refractivity contribution in [3.05, 3.63) is 36.8 Å². The van der Waals surface area contributed by atoms with Gasteiger partial charge < -0.3 is 10.2 Å². The number of unbranched alkanes of at least 4 members (excludes halogenated alkanes) is 10. The van der Waals surface area contributed by atoms with Crippen molar-refractivity contribution in [3.63, 3.8) is 0 Å². The molecule has 0 radical (unpaired) electrons. The van der Waals surface area contributed by atoms with Crippen LogP contribution in [-0.4, -0.2) is 12.3 Å². The molecule has 0 saturated carbocycles. The van der Waals surface area contributed by atoms with Crippen molar-refractivity contribution in [2.75, 3.05) is 6.54 Å². The first-order valence-corrected chi connectivity index (χ1v) is 9.89. The second-order valence-electron chi connectivity index (χ2n) is 6.46. The molecule has 0 aliphatic carbocycles. The summed E-state index contributed by atoms with van der Waals surface area (Å²) in [6.45, 7) is 6.00. The molecule has 0 bridgehead atoms. The van der Waals surface area contributed by atoms with Crippen LogP contribution in [0.1, 0.15) is 84.0 Å². The summed E-state index contributed by atoms with van der Waals surface area (Å²) in [6.07, 6.45) is 23.4. The van der Waals surface area contributed by atoms with E-state index in [1.54, 1.807) is 6.08 Å². The second kappa shape index (κ2) is 18.8. The highest BCUT2D eigenvalue weighted by Gasteiger charge is 1.98. The molecule has 0 aromatic rings. The topological polar surface area (TPSA) is 66.0 Å². The Bertz CT molecular complexity index is 389. The van der Waals surface area contributed by atoms with Crippen molar-refractivity contribution in [1.82, 2.24) is 5.32 Å². The van der Waals surface area contributed by atoms with Crippen LogP contribution in [0.2, 0.25) is 0 Å². The summed E-state index contributed by atoms with van der Waals surface area (Å²) in [6, 6.07) is 0. The fourth-order valence-corrected chi connectivity index (χ4v) is 2.49. The van der Waals surface area contributed by atoms with Gasteiger partial charge in [0.05, 0.1) is 6.54 Å². The molecule has 4 heteroatoms. The zero-order chi connectivity index (χ0) is 18.6. The molecule has 4 nitrogen and oxygen atoms in total. The molecule has 0 heterocycles. The van der Waals surface area contributed by atoms with Gasteiger partial charge in [0, 0.05) is 0 Å². The first kappa shape index (κ1) is 23.4. The average molecular weight is 352 g/mol. The van der Waals surface area contributed by atoms with Crippen molar-refractivity contribution < 1.29 is 15.5 Å². The standard InChI is InChI=1S/C21H39N2O2/c1-3-4-5-6-7-8-9-10-11-12-13-14-15-16-17-18-21(24)19-23-20(2)25-22/h8-9,17-18,23H,2-7,10-16,19H2,1,22H3/q+1/b9-8-,18-17+. The Balaban J connectivity index is 3.32. The molecule has 4 N–H and O–H groups in total. The number of carbonyl (C=O) groups is 1. The smallest absolute Gasteiger partial charge is 0.248 e. The molecule has 0 aromatic carbocycles. The summed E-state index contributed by atoms with van der Waals surface area (Å²) < 4.78 is 0. The van der Waals surface area contributed by atoms with Crippen LogP contribution in [0.15, 0.2) is 36.8 Å². The van der Waals surface area contributed by atoms with Crippen molar-refractivity contribution >= 4 is 5.78 Å². The van der Waals surface area contributed by atoms with Gasteiger partial charge in [0.15, 0.2) is 5.78 Å². The molecular formula is C21H39N2O2+. The third-order valence-electron chi connectivity index (χ3n) is 4.07. The quantitative estimate of drug-likeness (QED) is 0.125. The lowest BCUT2D eigenvalue weighted by Gasteiger charge is -2.01. The van der Waals surface area contributed by atoms with Crippen molar-refractivity contribution in [1.29, 1.82) is 0 Å². The first-order chi connectivity index (χ1) is 12.2. The van der Waals surface area contributed by atoms with Gasteiger partial charge in [-0.05, 0) is 51.2 Å². The van der Waals surface area contributed by atoms with E-state index in [0.29, 0.717) is 5.88 Å². The van der Waals surface area contributed by atoms with Crippen LogP contribution in [0.3, 0.4) is 0 Å². The van der Waals surface area contributed by atoms with E-state index in [2.05, 4.69) is 41.7 Å². The van der Waals surface area contributed by atoms with Crippen LogP contribution in [-0.2, 0) is 9.63 Å². The lowest BCUT2D eigenvalue weighted by atomic mass is 10.1. The number of rotatable bonds is 18. The summed E-state index contributed by atoms with van der Waals surface area (Å²) in [7, 11) is 0. The van der Waals surface area contributed by atoms with Crippen molar-refractivity contribution in [2.45, 2.75) is 84.0 Å². The van der Waals surface area contributed by atoms with Gasteiger partial charge in [-0.3, -0.25) is 4.79 Å². The van der Waals surface area contributed by atoms with Crippen LogP contribution in [0.4, 0.5) is 0 Å². The average Bonchev–Trinajstić information content (AvgIpc) is 2.62. The van der Waals surface area contributed by atoms with Gasteiger partial charge >= 0.3 is 0 Å². The minimum Gasteiger partial charge on any atom is -0.344 e. The molecule has 0 aliphatic rings. The summed E-state index contributed by atoms with van der Waals surface area (Å²) in [5.41, 5.74) is 0. The molecule has 0 rings (SSSR count). The Morgan fingerprint density at radius 2 is 1.44 bits per heavy atom. The summed E-state index contributed by atoms with van der Waals surface area (Å²) in [5, 5.41) is 2.75. The third kappa shape index (κ3) is 18.6. The largest absolute Gasteiger partial charge is 0.344 e. The van der Waals surface area contributed by atoms with Gasteiger partial charge in [-0.2, -0.15) is 5.90 Å². The first-order valence-electron chi connectivity index (χ1n) is 9.89. The van der Waals surface area contributed by atoms with E-state index in [4.69, 9.17) is 0 Å². The van der Waals surface area contributed by atoms with Crippen LogP contribution in [0, 0.1) is 0 Å². The predicted octanol–water partition coefficient (Wildman–Crippen LogP) is 4.60. The van der Waals surface area contributed by atoms with Crippen LogP contribution in [0.25, 0.3) is 0 Å². The maximum Gasteiger partial charge on any atom is 0.248 e. The van der Waals surface area contributed by atoms with E-state index in [1.807, 2.05) is 6.08 Å². The lowest BCUT2D eigenvalue weighted by Crippen LogP contribution is -2.50. The number of hydrogen-bond acceptors (Lipinski definition) is 3. The molecule has 0 aliphatic heterocycles. The van der Waals surface area contributed by atoms with Gasteiger partial charge in [-0.15, -0.1) is 0 Å². The van der Waals surface area contributed by atoms with Crippen molar-refractivity contribution in [2.24, 2.45) is 0 Å². The minimum atomic E-state index is 0.0275. The Morgan fingerprint density at radius 1 is 0.920 bits per heavy atom. The minimum absolute atomic E-state index is 0.0275. The molecule has 0 amide bonds. The maximum atomic E-state index is 11.5. The van der Waals surface area contributed by atoms with Crippen LogP contribution >= 0.6 is 0 Å². The number of quaternary nitrogens is 1. The van der Waals surface area contributed by atoms with Gasteiger partial charge in [0.2, 0.25) is 5.88 Å². The van der Waals surface area contributed by atoms with E-state index in [9.17, 15) is 4.79 Å². The highest BCUT2D eigenvalue weighted by Crippen LogP contribution is 2.09. The van der Waals surface area contributed by atoms with Crippen LogP contribution in [0.5, 0.6) is 0 Å². The summed E-state index contributed by atoms with van der Waals surface area (Å²) in [5.74, 6) is 3.55. The molecule has 25 heavy (non-hydrogen) atoms. The third-order valence-corrected chi connectivity index (χ3v) is 4.07. The number of hydrogen-bond donors (Lipinski definition) is 2. The monoisotopic (exact) mass is 351 g/mol. The van der Waals surface area contributed by atoms with Gasteiger partial charge in [-0.25, -0.2) is 0 Å². The highest BCUT2D eigenvalue weighted by molar-refractivity contribution is 5.91. The zero-order valence-electron chi connectivity index (χ0n) is 16.2. The molecule has 0 saturated heterocycles. The fraction of sp³-hybridized carbons (Fsp3) is 0.667. The molecule has 144 valence electrons. The summed E-state index contributed by atoms with van der Waals surface area (Å²) >= 11 is 0. The number of ketones is 1. The summed E-state index contributed by atoms with van der Waals surface area (Å²) in [4.78, 5) is 16.1. The van der Waals surface area contributed by atoms with E-state index in [0.717, 1.165) is 12.8 Å². The fourth-order valence-electron chi connectivity index (χ4n) is 2.49. The molecule has 0 aromatic heterocycles. The van der Waals surface area contributed by atoms with Gasteiger partial charge in [-0.1, -0.05) is 63.7 Å². The Hall–Kier alpha value is -1.55. The predicted molar refractivity (Wildman–Crippen MR) is 105 cm³/mol. The number of allylic oxidation sites excluding steroid dienone is 3. The Kier molecular flexibility index (Phi) is 17.6. The molecular weight excluding hydrogens is 312 g/mol. The molecule has 0 unspecified atom stereocenters. The second-order valence-corrected chi connectivity index (χ2v) is 6.46. The number of nitrogens with one attached hydrogen (secondary N) is 1. The Labute approximate surface area is 154 Å². The molecule has 0 spiro atoms.